The third-order valence-electron chi connectivity index (χ3n) is 3.89. The minimum atomic E-state index is 0.546. The molecule has 0 atom stereocenters. The highest BCUT2D eigenvalue weighted by Crippen LogP contribution is 2.34. The number of ether oxygens (including phenoxy) is 1. The first-order valence-electron chi connectivity index (χ1n) is 7.51. The minimum Gasteiger partial charge on any atom is -0.385 e. The van der Waals surface area contributed by atoms with E-state index in [2.05, 4.69) is 39.0 Å². The predicted octanol–water partition coefficient (Wildman–Crippen LogP) is 3.61. The second kappa shape index (κ2) is 6.98. The fraction of sp³-hybridized carbons (Fsp3) is 0.294. The number of nitrogens with one attached hydrogen (secondary N) is 1. The molecule has 1 aromatic heterocycles. The van der Waals surface area contributed by atoms with E-state index in [1.54, 1.807) is 7.05 Å². The van der Waals surface area contributed by atoms with Gasteiger partial charge in [0.05, 0.1) is 29.6 Å². The van der Waals surface area contributed by atoms with Crippen molar-refractivity contribution in [3.8, 4) is 11.3 Å². The summed E-state index contributed by atoms with van der Waals surface area (Å²) in [5.41, 5.74) is 3.61. The molecule has 1 saturated heterocycles. The Morgan fingerprint density at radius 3 is 2.57 bits per heavy atom. The van der Waals surface area contributed by atoms with Gasteiger partial charge in [-0.1, -0.05) is 23.7 Å². The van der Waals surface area contributed by atoms with E-state index in [9.17, 15) is 0 Å². The Bertz CT molecular complexity index is 696. The second-order valence-electron chi connectivity index (χ2n) is 5.24. The number of benzene rings is 1. The smallest absolute Gasteiger partial charge is 0.175 e. The minimum absolute atomic E-state index is 0.546. The molecule has 2 aromatic rings. The Morgan fingerprint density at radius 2 is 1.96 bits per heavy atom. The van der Waals surface area contributed by atoms with Gasteiger partial charge in [-0.3, -0.25) is 0 Å². The molecule has 6 heteroatoms. The average molecular weight is 331 g/mol. The van der Waals surface area contributed by atoms with Crippen LogP contribution in [-0.4, -0.2) is 45.1 Å². The fourth-order valence-electron chi connectivity index (χ4n) is 2.64. The number of aromatic nitrogens is 1. The van der Waals surface area contributed by atoms with Gasteiger partial charge < -0.3 is 15.0 Å². The van der Waals surface area contributed by atoms with Crippen LogP contribution in [0.2, 0.25) is 5.02 Å². The van der Waals surface area contributed by atoms with E-state index in [4.69, 9.17) is 16.3 Å². The van der Waals surface area contributed by atoms with Crippen molar-refractivity contribution >= 4 is 35.5 Å². The molecule has 0 unspecified atom stereocenters. The van der Waals surface area contributed by atoms with Gasteiger partial charge in [-0.15, -0.1) is 0 Å². The van der Waals surface area contributed by atoms with Crippen molar-refractivity contribution in [1.29, 1.82) is 0 Å². The summed E-state index contributed by atoms with van der Waals surface area (Å²) >= 11 is 6.37. The first kappa shape index (κ1) is 15.8. The standard InChI is InChI=1S/C17H19ClN4O/c1-19-15-11-14(18)16(21-17(15)20-2)12-3-5-13(6-4-12)22-7-9-23-10-8-22/h3-6,11,19H,2,7-10H2,1H3. The van der Waals surface area contributed by atoms with Gasteiger partial charge >= 0.3 is 0 Å². The van der Waals surface area contributed by atoms with Crippen molar-refractivity contribution in [3.63, 3.8) is 0 Å². The number of rotatable bonds is 4. The monoisotopic (exact) mass is 330 g/mol. The van der Waals surface area contributed by atoms with Crippen molar-refractivity contribution < 1.29 is 4.74 Å². The second-order valence-corrected chi connectivity index (χ2v) is 5.65. The molecule has 1 N–H and O–H groups in total. The Morgan fingerprint density at radius 1 is 1.26 bits per heavy atom. The lowest BCUT2D eigenvalue weighted by atomic mass is 10.1. The molecule has 0 radical (unpaired) electrons. The average Bonchev–Trinajstić information content (AvgIpc) is 2.62. The lowest BCUT2D eigenvalue weighted by Gasteiger charge is -2.28. The largest absolute Gasteiger partial charge is 0.385 e. The van der Waals surface area contributed by atoms with Gasteiger partial charge in [0.25, 0.3) is 0 Å². The summed E-state index contributed by atoms with van der Waals surface area (Å²) in [4.78, 5) is 10.8. The van der Waals surface area contributed by atoms with Gasteiger partial charge in [-0.05, 0) is 24.9 Å². The van der Waals surface area contributed by atoms with Gasteiger partial charge in [-0.25, -0.2) is 9.98 Å². The maximum Gasteiger partial charge on any atom is 0.175 e. The molecule has 0 amide bonds. The van der Waals surface area contributed by atoms with Crippen LogP contribution < -0.4 is 10.2 Å². The van der Waals surface area contributed by atoms with Crippen LogP contribution in [0.1, 0.15) is 0 Å². The highest BCUT2D eigenvalue weighted by Gasteiger charge is 2.13. The lowest BCUT2D eigenvalue weighted by Crippen LogP contribution is -2.36. The third-order valence-corrected chi connectivity index (χ3v) is 4.18. The van der Waals surface area contributed by atoms with Crippen LogP contribution in [0.4, 0.5) is 17.2 Å². The molecule has 0 bridgehead atoms. The van der Waals surface area contributed by atoms with Gasteiger partial charge in [0.2, 0.25) is 0 Å². The molecule has 1 fully saturated rings. The summed E-state index contributed by atoms with van der Waals surface area (Å²) in [5, 5.41) is 3.60. The van der Waals surface area contributed by atoms with Gasteiger partial charge in [0, 0.05) is 31.4 Å². The molecule has 0 saturated carbocycles. The number of pyridine rings is 1. The molecule has 0 aliphatic carbocycles. The van der Waals surface area contributed by atoms with Crippen molar-refractivity contribution in [2.75, 3.05) is 43.6 Å². The van der Waals surface area contributed by atoms with Gasteiger partial charge in [-0.2, -0.15) is 0 Å². The summed E-state index contributed by atoms with van der Waals surface area (Å²) < 4.78 is 5.39. The van der Waals surface area contributed by atoms with Crippen molar-refractivity contribution in [3.05, 3.63) is 35.4 Å². The normalized spacial score (nSPS) is 14.6. The molecule has 2 heterocycles. The molecule has 1 aromatic carbocycles. The van der Waals surface area contributed by atoms with Crippen LogP contribution in [-0.2, 0) is 4.74 Å². The summed E-state index contributed by atoms with van der Waals surface area (Å²) in [5.74, 6) is 0.546. The van der Waals surface area contributed by atoms with Gasteiger partial charge in [0.15, 0.2) is 5.82 Å². The number of hydrogen-bond acceptors (Lipinski definition) is 5. The Labute approximate surface area is 141 Å². The molecule has 1 aliphatic heterocycles. The number of aliphatic imine (C=N–C) groups is 1. The van der Waals surface area contributed by atoms with E-state index < -0.39 is 0 Å². The summed E-state index contributed by atoms with van der Waals surface area (Å²) in [6.45, 7) is 6.94. The van der Waals surface area contributed by atoms with Crippen LogP contribution >= 0.6 is 11.6 Å². The van der Waals surface area contributed by atoms with Crippen molar-refractivity contribution in [2.24, 2.45) is 4.99 Å². The third kappa shape index (κ3) is 3.30. The number of morpholine rings is 1. The van der Waals surface area contributed by atoms with E-state index in [0.29, 0.717) is 16.5 Å². The summed E-state index contributed by atoms with van der Waals surface area (Å²) in [6, 6.07) is 10.1. The van der Waals surface area contributed by atoms with E-state index in [1.165, 1.54) is 5.69 Å². The van der Waals surface area contributed by atoms with E-state index in [-0.39, 0.29) is 0 Å². The van der Waals surface area contributed by atoms with Crippen molar-refractivity contribution in [1.82, 2.24) is 4.98 Å². The molecule has 120 valence electrons. The number of anilines is 2. The first-order valence-corrected chi connectivity index (χ1v) is 7.89. The molecule has 3 rings (SSSR count). The van der Waals surface area contributed by atoms with Crippen LogP contribution in [0.5, 0.6) is 0 Å². The Balaban J connectivity index is 1.91. The van der Waals surface area contributed by atoms with E-state index >= 15 is 0 Å². The van der Waals surface area contributed by atoms with Crippen LogP contribution in [0, 0.1) is 0 Å². The topological polar surface area (TPSA) is 49.8 Å². The zero-order chi connectivity index (χ0) is 16.2. The summed E-state index contributed by atoms with van der Waals surface area (Å²) in [7, 11) is 1.80. The Hall–Kier alpha value is -2.11. The molecule has 23 heavy (non-hydrogen) atoms. The van der Waals surface area contributed by atoms with Crippen LogP contribution in [0.3, 0.4) is 0 Å². The number of halogens is 1. The van der Waals surface area contributed by atoms with Crippen LogP contribution in [0.25, 0.3) is 11.3 Å². The molecule has 1 aliphatic rings. The molecular weight excluding hydrogens is 312 g/mol. The zero-order valence-electron chi connectivity index (χ0n) is 13.1. The van der Waals surface area contributed by atoms with E-state index in [1.807, 2.05) is 18.2 Å². The quantitative estimate of drug-likeness (QED) is 0.870. The van der Waals surface area contributed by atoms with E-state index in [0.717, 1.165) is 37.6 Å². The lowest BCUT2D eigenvalue weighted by molar-refractivity contribution is 0.122. The predicted molar refractivity (Wildman–Crippen MR) is 96.5 cm³/mol. The maximum atomic E-state index is 6.37. The maximum absolute atomic E-state index is 6.37. The van der Waals surface area contributed by atoms with Gasteiger partial charge in [0.1, 0.15) is 0 Å². The number of hydrogen-bond donors (Lipinski definition) is 1. The molecular formula is C17H19ClN4O. The van der Waals surface area contributed by atoms with Crippen molar-refractivity contribution in [2.45, 2.75) is 0 Å². The number of nitrogens with zero attached hydrogens (tertiary/aromatic N) is 3. The summed E-state index contributed by atoms with van der Waals surface area (Å²) in [6.07, 6.45) is 0. The van der Waals surface area contributed by atoms with Crippen LogP contribution in [0.15, 0.2) is 35.3 Å². The highest BCUT2D eigenvalue weighted by molar-refractivity contribution is 6.33. The molecule has 0 spiro atoms. The molecule has 5 nitrogen and oxygen atoms in total. The Kier molecular flexibility index (Phi) is 4.79. The fourth-order valence-corrected chi connectivity index (χ4v) is 2.90. The highest BCUT2D eigenvalue weighted by atomic mass is 35.5. The first-order chi connectivity index (χ1) is 11.2. The zero-order valence-corrected chi connectivity index (χ0v) is 13.8. The SMILES string of the molecule is C=Nc1nc(-c2ccc(N3CCOCC3)cc2)c(Cl)cc1NC.